The third kappa shape index (κ3) is 3.30. The largest absolute Gasteiger partial charge is 0.495 e. The van der Waals surface area contributed by atoms with Crippen LogP contribution < -0.4 is 10.1 Å². The van der Waals surface area contributed by atoms with Crippen molar-refractivity contribution in [2.75, 3.05) is 19.0 Å². The first-order chi connectivity index (χ1) is 12.1. The van der Waals surface area contributed by atoms with Crippen LogP contribution in [0.25, 0.3) is 10.9 Å². The molecule has 0 fully saturated rings. The highest BCUT2D eigenvalue weighted by Gasteiger charge is 2.14. The second-order valence-corrected chi connectivity index (χ2v) is 5.40. The van der Waals surface area contributed by atoms with Gasteiger partial charge in [-0.3, -0.25) is 4.79 Å². The third-order valence-electron chi connectivity index (χ3n) is 3.85. The molecule has 1 heterocycles. The molecule has 7 nitrogen and oxygen atoms in total. The standard InChI is InChI=1S/C18H18N4O3/c1-22-14-9-5-3-7-12(14)17(18(22)24)21-20-16(23)11-19-13-8-4-6-10-15(13)25-2/h3-10,19,24H,11H2,1-2H3. The molecule has 0 bridgehead atoms. The molecule has 0 aliphatic carbocycles. The fourth-order valence-electron chi connectivity index (χ4n) is 2.56. The molecule has 2 aromatic carbocycles. The zero-order valence-corrected chi connectivity index (χ0v) is 13.9. The predicted molar refractivity (Wildman–Crippen MR) is 95.6 cm³/mol. The zero-order chi connectivity index (χ0) is 17.8. The Bertz CT molecular complexity index is 947. The lowest BCUT2D eigenvalue weighted by atomic mass is 10.2. The van der Waals surface area contributed by atoms with E-state index in [1.54, 1.807) is 30.9 Å². The van der Waals surface area contributed by atoms with Crippen LogP contribution in [0.4, 0.5) is 11.4 Å². The predicted octanol–water partition coefficient (Wildman–Crippen LogP) is 3.61. The van der Waals surface area contributed by atoms with Crippen molar-refractivity contribution >= 4 is 28.2 Å². The highest BCUT2D eigenvalue weighted by Crippen LogP contribution is 2.37. The van der Waals surface area contributed by atoms with Gasteiger partial charge in [-0.2, -0.15) is 0 Å². The third-order valence-corrected chi connectivity index (χ3v) is 3.85. The molecule has 0 unspecified atom stereocenters. The number of methoxy groups -OCH3 is 1. The number of benzene rings is 2. The van der Waals surface area contributed by atoms with Gasteiger partial charge in [0.2, 0.25) is 5.88 Å². The Hall–Kier alpha value is -3.35. The molecule has 0 aliphatic rings. The number of para-hydroxylation sites is 3. The smallest absolute Gasteiger partial charge is 0.283 e. The van der Waals surface area contributed by atoms with E-state index in [0.29, 0.717) is 11.4 Å². The molecule has 1 aromatic heterocycles. The second kappa shape index (κ2) is 7.04. The summed E-state index contributed by atoms with van der Waals surface area (Å²) in [7, 11) is 3.28. The number of rotatable bonds is 5. The average Bonchev–Trinajstić information content (AvgIpc) is 2.89. The Kier molecular flexibility index (Phi) is 4.65. The first kappa shape index (κ1) is 16.5. The van der Waals surface area contributed by atoms with Gasteiger partial charge in [0, 0.05) is 12.4 Å². The van der Waals surface area contributed by atoms with Crippen LogP contribution in [-0.2, 0) is 11.8 Å². The molecule has 0 atom stereocenters. The van der Waals surface area contributed by atoms with Crippen molar-refractivity contribution in [3.63, 3.8) is 0 Å². The molecule has 2 N–H and O–H groups in total. The van der Waals surface area contributed by atoms with E-state index in [-0.39, 0.29) is 18.1 Å². The molecule has 128 valence electrons. The molecule has 7 heteroatoms. The van der Waals surface area contributed by atoms with Crippen LogP contribution >= 0.6 is 0 Å². The van der Waals surface area contributed by atoms with Crippen molar-refractivity contribution in [1.29, 1.82) is 0 Å². The number of azo groups is 1. The number of aryl methyl sites for hydroxylation is 1. The first-order valence-corrected chi connectivity index (χ1v) is 7.69. The Morgan fingerprint density at radius 3 is 2.72 bits per heavy atom. The van der Waals surface area contributed by atoms with Crippen molar-refractivity contribution < 1.29 is 14.6 Å². The van der Waals surface area contributed by atoms with Crippen LogP contribution in [-0.4, -0.2) is 29.2 Å². The molecule has 3 rings (SSSR count). The summed E-state index contributed by atoms with van der Waals surface area (Å²) in [6.45, 7) is -0.0323. The minimum atomic E-state index is -0.460. The molecule has 3 aromatic rings. The lowest BCUT2D eigenvalue weighted by molar-refractivity contribution is -0.116. The van der Waals surface area contributed by atoms with Crippen molar-refractivity contribution in [3.8, 4) is 11.6 Å². The molecule has 0 aliphatic heterocycles. The van der Waals surface area contributed by atoms with E-state index >= 15 is 0 Å². The maximum absolute atomic E-state index is 12.0. The number of hydrogen-bond acceptors (Lipinski definition) is 5. The summed E-state index contributed by atoms with van der Waals surface area (Å²) in [6.07, 6.45) is 0. The number of hydrogen-bond donors (Lipinski definition) is 2. The van der Waals surface area contributed by atoms with Crippen molar-refractivity contribution in [2.24, 2.45) is 17.3 Å². The molecule has 1 amide bonds. The highest BCUT2D eigenvalue weighted by atomic mass is 16.5. The highest BCUT2D eigenvalue weighted by molar-refractivity contribution is 5.95. The van der Waals surface area contributed by atoms with E-state index in [1.807, 2.05) is 36.4 Å². The average molecular weight is 338 g/mol. The SMILES string of the molecule is COc1ccccc1NCC(=O)N=Nc1c(O)n(C)c2ccccc12. The molecule has 0 saturated carbocycles. The maximum atomic E-state index is 12.0. The normalized spacial score (nSPS) is 11.1. The number of carbonyl (C=O) groups excluding carboxylic acids is 1. The lowest BCUT2D eigenvalue weighted by Gasteiger charge is -2.08. The van der Waals surface area contributed by atoms with Gasteiger partial charge < -0.3 is 19.7 Å². The molecule has 25 heavy (non-hydrogen) atoms. The van der Waals surface area contributed by atoms with Gasteiger partial charge >= 0.3 is 0 Å². The van der Waals surface area contributed by atoms with E-state index in [2.05, 4.69) is 15.5 Å². The fourth-order valence-corrected chi connectivity index (χ4v) is 2.56. The number of fused-ring (bicyclic) bond motifs is 1. The van der Waals surface area contributed by atoms with Gasteiger partial charge in [0.25, 0.3) is 5.91 Å². The molecule has 0 saturated heterocycles. The van der Waals surface area contributed by atoms with Gasteiger partial charge in [-0.1, -0.05) is 30.3 Å². The van der Waals surface area contributed by atoms with Gasteiger partial charge in [0.1, 0.15) is 5.75 Å². The van der Waals surface area contributed by atoms with Crippen LogP contribution in [0.3, 0.4) is 0 Å². The second-order valence-electron chi connectivity index (χ2n) is 5.40. The van der Waals surface area contributed by atoms with Crippen LogP contribution in [0.1, 0.15) is 0 Å². The lowest BCUT2D eigenvalue weighted by Crippen LogP contribution is -2.11. The van der Waals surface area contributed by atoms with E-state index in [0.717, 1.165) is 10.9 Å². The van der Waals surface area contributed by atoms with E-state index in [4.69, 9.17) is 4.74 Å². The van der Waals surface area contributed by atoms with Gasteiger partial charge in [0.05, 0.1) is 24.9 Å². The zero-order valence-electron chi connectivity index (χ0n) is 13.9. The van der Waals surface area contributed by atoms with E-state index in [1.165, 1.54) is 0 Å². The molecule has 0 spiro atoms. The van der Waals surface area contributed by atoms with Gasteiger partial charge in [0.15, 0.2) is 5.69 Å². The Morgan fingerprint density at radius 2 is 1.92 bits per heavy atom. The Balaban J connectivity index is 1.74. The minimum absolute atomic E-state index is 0.0320. The Morgan fingerprint density at radius 1 is 1.20 bits per heavy atom. The minimum Gasteiger partial charge on any atom is -0.495 e. The van der Waals surface area contributed by atoms with Crippen molar-refractivity contribution in [1.82, 2.24) is 4.57 Å². The summed E-state index contributed by atoms with van der Waals surface area (Å²) >= 11 is 0. The van der Waals surface area contributed by atoms with E-state index in [9.17, 15) is 9.90 Å². The number of nitrogens with zero attached hydrogens (tertiary/aromatic N) is 3. The van der Waals surface area contributed by atoms with Crippen LogP contribution in [0.5, 0.6) is 11.6 Å². The summed E-state index contributed by atoms with van der Waals surface area (Å²) in [5, 5.41) is 21.5. The van der Waals surface area contributed by atoms with Gasteiger partial charge in [-0.05, 0) is 18.2 Å². The summed E-state index contributed by atoms with van der Waals surface area (Å²) in [5.41, 5.74) is 1.79. The summed E-state index contributed by atoms with van der Waals surface area (Å²) in [6, 6.07) is 14.7. The summed E-state index contributed by atoms with van der Waals surface area (Å²) < 4.78 is 6.81. The van der Waals surface area contributed by atoms with Crippen molar-refractivity contribution in [3.05, 3.63) is 48.5 Å². The van der Waals surface area contributed by atoms with Gasteiger partial charge in [-0.25, -0.2) is 0 Å². The summed E-state index contributed by atoms with van der Waals surface area (Å²) in [5.74, 6) is 0.146. The van der Waals surface area contributed by atoms with Gasteiger partial charge in [-0.15, -0.1) is 10.2 Å². The summed E-state index contributed by atoms with van der Waals surface area (Å²) in [4.78, 5) is 12.0. The first-order valence-electron chi connectivity index (χ1n) is 7.69. The quantitative estimate of drug-likeness (QED) is 0.696. The van der Waals surface area contributed by atoms with E-state index < -0.39 is 5.91 Å². The maximum Gasteiger partial charge on any atom is 0.283 e. The topological polar surface area (TPSA) is 88.2 Å². The molecular weight excluding hydrogens is 320 g/mol. The number of carbonyl (C=O) groups is 1. The fraction of sp³-hybridized carbons (Fsp3) is 0.167. The molecule has 0 radical (unpaired) electrons. The monoisotopic (exact) mass is 338 g/mol. The van der Waals surface area contributed by atoms with Crippen LogP contribution in [0.2, 0.25) is 0 Å². The number of nitrogens with one attached hydrogen (secondary N) is 1. The number of ether oxygens (including phenoxy) is 1. The number of aromatic nitrogens is 1. The molecular formula is C18H18N4O3. The Labute approximate surface area is 144 Å². The van der Waals surface area contributed by atoms with Crippen LogP contribution in [0.15, 0.2) is 58.8 Å². The number of anilines is 1. The van der Waals surface area contributed by atoms with Crippen LogP contribution in [0, 0.1) is 0 Å². The number of aromatic hydroxyl groups is 1. The number of amides is 1. The van der Waals surface area contributed by atoms with Crippen molar-refractivity contribution in [2.45, 2.75) is 0 Å².